The number of anilines is 2. The fourth-order valence-electron chi connectivity index (χ4n) is 3.50. The highest BCUT2D eigenvalue weighted by atomic mass is 32.2. The van der Waals surface area contributed by atoms with E-state index < -0.39 is 0 Å². The molecule has 1 heterocycles. The Labute approximate surface area is 184 Å². The molecule has 1 aliphatic rings. The second-order valence-electron chi connectivity index (χ2n) is 7.16. The van der Waals surface area contributed by atoms with Crippen LogP contribution >= 0.6 is 23.1 Å². The van der Waals surface area contributed by atoms with Crippen LogP contribution in [0.25, 0.3) is 0 Å². The fraction of sp³-hybridized carbons (Fsp3) is 0.409. The van der Waals surface area contributed by atoms with Crippen molar-refractivity contribution in [2.75, 3.05) is 23.5 Å². The Morgan fingerprint density at radius 3 is 2.60 bits per heavy atom. The van der Waals surface area contributed by atoms with Crippen molar-refractivity contribution in [3.05, 3.63) is 40.3 Å². The van der Waals surface area contributed by atoms with Crippen LogP contribution in [-0.2, 0) is 27.2 Å². The summed E-state index contributed by atoms with van der Waals surface area (Å²) in [6, 6.07) is 7.35. The van der Waals surface area contributed by atoms with Crippen molar-refractivity contribution in [2.24, 2.45) is 0 Å². The molecule has 6 nitrogen and oxygen atoms in total. The minimum absolute atomic E-state index is 0.140. The summed E-state index contributed by atoms with van der Waals surface area (Å²) >= 11 is 2.87. The minimum atomic E-state index is -0.390. The van der Waals surface area contributed by atoms with E-state index in [0.717, 1.165) is 42.6 Å². The average molecular weight is 447 g/mol. The number of rotatable bonds is 6. The molecule has 0 saturated heterocycles. The van der Waals surface area contributed by atoms with Gasteiger partial charge in [0.1, 0.15) is 5.00 Å². The van der Waals surface area contributed by atoms with E-state index in [-0.39, 0.29) is 23.5 Å². The van der Waals surface area contributed by atoms with Gasteiger partial charge in [-0.05, 0) is 49.4 Å². The van der Waals surface area contributed by atoms with Gasteiger partial charge in [0.15, 0.2) is 0 Å². The molecule has 30 heavy (non-hydrogen) atoms. The maximum Gasteiger partial charge on any atom is 0.341 e. The number of benzene rings is 1. The highest BCUT2D eigenvalue weighted by Gasteiger charge is 2.25. The van der Waals surface area contributed by atoms with E-state index in [2.05, 4.69) is 10.6 Å². The van der Waals surface area contributed by atoms with E-state index in [4.69, 9.17) is 4.74 Å². The number of thiophene rings is 1. The standard InChI is InChI=1S/C22H26N2O4S2/c1-14(25)23-15-8-7-9-16(12-15)29-13-19(26)24-21-20(22(27)28-2)17-10-5-3-4-6-11-18(17)30-21/h7-9,12H,3-6,10-11,13H2,1-2H3,(H,23,25)(H,24,26). The Morgan fingerprint density at radius 1 is 1.10 bits per heavy atom. The SMILES string of the molecule is COC(=O)c1c(NC(=O)CSc2cccc(NC(C)=O)c2)sc2c1CCCCCC2. The highest BCUT2D eigenvalue weighted by molar-refractivity contribution is 8.00. The monoisotopic (exact) mass is 446 g/mol. The number of carbonyl (C=O) groups excluding carboxylic acids is 3. The lowest BCUT2D eigenvalue weighted by molar-refractivity contribution is -0.114. The van der Waals surface area contributed by atoms with Crippen LogP contribution < -0.4 is 10.6 Å². The number of hydrogen-bond donors (Lipinski definition) is 2. The van der Waals surface area contributed by atoms with Gasteiger partial charge < -0.3 is 15.4 Å². The molecule has 1 aromatic heterocycles. The fourth-order valence-corrected chi connectivity index (χ4v) is 5.55. The predicted molar refractivity (Wildman–Crippen MR) is 122 cm³/mol. The first-order chi connectivity index (χ1) is 14.5. The Kier molecular flexibility index (Phi) is 7.93. The van der Waals surface area contributed by atoms with Crippen molar-refractivity contribution < 1.29 is 19.1 Å². The van der Waals surface area contributed by atoms with Gasteiger partial charge in [0, 0.05) is 22.4 Å². The summed E-state index contributed by atoms with van der Waals surface area (Å²) in [6.45, 7) is 1.46. The predicted octanol–water partition coefficient (Wildman–Crippen LogP) is 4.88. The zero-order chi connectivity index (χ0) is 21.5. The summed E-state index contributed by atoms with van der Waals surface area (Å²) in [6.07, 6.45) is 6.28. The molecule has 2 amide bonds. The number of carbonyl (C=O) groups is 3. The van der Waals surface area contributed by atoms with Crippen molar-refractivity contribution in [1.29, 1.82) is 0 Å². The normalized spacial score (nSPS) is 13.5. The second kappa shape index (κ2) is 10.6. The van der Waals surface area contributed by atoms with Crippen LogP contribution in [-0.4, -0.2) is 30.6 Å². The molecule has 0 spiro atoms. The van der Waals surface area contributed by atoms with Gasteiger partial charge in [-0.3, -0.25) is 9.59 Å². The molecule has 2 aromatic rings. The molecule has 160 valence electrons. The van der Waals surface area contributed by atoms with E-state index >= 15 is 0 Å². The van der Waals surface area contributed by atoms with E-state index in [1.54, 1.807) is 6.07 Å². The maximum absolute atomic E-state index is 12.6. The lowest BCUT2D eigenvalue weighted by atomic mass is 9.96. The van der Waals surface area contributed by atoms with E-state index in [0.29, 0.717) is 16.3 Å². The van der Waals surface area contributed by atoms with Gasteiger partial charge in [-0.1, -0.05) is 18.9 Å². The number of hydrogen-bond acceptors (Lipinski definition) is 6. The van der Waals surface area contributed by atoms with Crippen LogP contribution in [0.4, 0.5) is 10.7 Å². The first-order valence-electron chi connectivity index (χ1n) is 10.0. The van der Waals surface area contributed by atoms with Crippen molar-refractivity contribution in [3.8, 4) is 0 Å². The zero-order valence-electron chi connectivity index (χ0n) is 17.2. The molecule has 0 atom stereocenters. The molecule has 0 radical (unpaired) electrons. The van der Waals surface area contributed by atoms with Crippen LogP contribution in [0.15, 0.2) is 29.2 Å². The van der Waals surface area contributed by atoms with Gasteiger partial charge in [-0.15, -0.1) is 23.1 Å². The van der Waals surface area contributed by atoms with Gasteiger partial charge in [0.2, 0.25) is 11.8 Å². The third kappa shape index (κ3) is 5.86. The van der Waals surface area contributed by atoms with Gasteiger partial charge >= 0.3 is 5.97 Å². The van der Waals surface area contributed by atoms with Gasteiger partial charge in [0.05, 0.1) is 18.4 Å². The molecule has 8 heteroatoms. The molecule has 0 fully saturated rings. The van der Waals surface area contributed by atoms with E-state index in [9.17, 15) is 14.4 Å². The Bertz CT molecular complexity index is 939. The number of fused-ring (bicyclic) bond motifs is 1. The molecular formula is C22H26N2O4S2. The minimum Gasteiger partial charge on any atom is -0.465 e. The number of thioether (sulfide) groups is 1. The lowest BCUT2D eigenvalue weighted by Crippen LogP contribution is -2.16. The molecule has 2 N–H and O–H groups in total. The first kappa shape index (κ1) is 22.4. The van der Waals surface area contributed by atoms with Crippen molar-refractivity contribution in [3.63, 3.8) is 0 Å². The van der Waals surface area contributed by atoms with Crippen LogP contribution in [0, 0.1) is 0 Å². The van der Waals surface area contributed by atoms with Crippen LogP contribution in [0.5, 0.6) is 0 Å². The largest absolute Gasteiger partial charge is 0.465 e. The molecule has 0 unspecified atom stereocenters. The van der Waals surface area contributed by atoms with Gasteiger partial charge in [0.25, 0.3) is 0 Å². The van der Waals surface area contributed by atoms with Crippen LogP contribution in [0.1, 0.15) is 53.4 Å². The van der Waals surface area contributed by atoms with Gasteiger partial charge in [-0.25, -0.2) is 4.79 Å². The Morgan fingerprint density at radius 2 is 1.87 bits per heavy atom. The third-order valence-electron chi connectivity index (χ3n) is 4.84. The van der Waals surface area contributed by atoms with Crippen LogP contribution in [0.2, 0.25) is 0 Å². The Balaban J connectivity index is 1.71. The topological polar surface area (TPSA) is 84.5 Å². The zero-order valence-corrected chi connectivity index (χ0v) is 18.8. The van der Waals surface area contributed by atoms with E-state index in [1.165, 1.54) is 48.4 Å². The third-order valence-corrected chi connectivity index (χ3v) is 7.04. The number of amides is 2. The van der Waals surface area contributed by atoms with Crippen molar-refractivity contribution in [2.45, 2.75) is 50.3 Å². The quantitative estimate of drug-likeness (QED) is 0.488. The number of methoxy groups -OCH3 is 1. The smallest absolute Gasteiger partial charge is 0.341 e. The summed E-state index contributed by atoms with van der Waals surface area (Å²) in [5, 5.41) is 6.25. The Hall–Kier alpha value is -2.32. The van der Waals surface area contributed by atoms with E-state index in [1.807, 2.05) is 18.2 Å². The molecule has 1 aromatic carbocycles. The first-order valence-corrected chi connectivity index (χ1v) is 11.8. The molecule has 1 aliphatic carbocycles. The molecule has 0 saturated carbocycles. The second-order valence-corrected chi connectivity index (χ2v) is 9.31. The summed E-state index contributed by atoms with van der Waals surface area (Å²) in [5.41, 5.74) is 2.25. The average Bonchev–Trinajstić information content (AvgIpc) is 3.01. The number of nitrogens with one attached hydrogen (secondary N) is 2. The summed E-state index contributed by atoms with van der Waals surface area (Å²) < 4.78 is 5.01. The molecule has 3 rings (SSSR count). The highest BCUT2D eigenvalue weighted by Crippen LogP contribution is 2.37. The summed E-state index contributed by atoms with van der Waals surface area (Å²) in [7, 11) is 1.37. The van der Waals surface area contributed by atoms with Crippen molar-refractivity contribution in [1.82, 2.24) is 0 Å². The molecule has 0 bridgehead atoms. The molecule has 0 aliphatic heterocycles. The van der Waals surface area contributed by atoms with Crippen molar-refractivity contribution >= 4 is 51.6 Å². The molecular weight excluding hydrogens is 420 g/mol. The summed E-state index contributed by atoms with van der Waals surface area (Å²) in [5.74, 6) is -0.506. The van der Waals surface area contributed by atoms with Gasteiger partial charge in [-0.2, -0.15) is 0 Å². The number of aryl methyl sites for hydroxylation is 1. The lowest BCUT2D eigenvalue weighted by Gasteiger charge is -2.11. The maximum atomic E-state index is 12.6. The van der Waals surface area contributed by atoms with Crippen LogP contribution in [0.3, 0.4) is 0 Å². The summed E-state index contributed by atoms with van der Waals surface area (Å²) in [4.78, 5) is 38.3. The number of esters is 1. The number of ether oxygens (including phenoxy) is 1.